The molecule has 1 spiro atoms. The predicted molar refractivity (Wildman–Crippen MR) is 404 cm³/mol. The summed E-state index contributed by atoms with van der Waals surface area (Å²) in [6, 6.07) is -10.9. The molecule has 12 amide bonds. The fourth-order valence-corrected chi connectivity index (χ4v) is 19.0. The van der Waals surface area contributed by atoms with E-state index in [1.54, 1.807) is 25.8 Å². The molecule has 4 saturated heterocycles. The van der Waals surface area contributed by atoms with Gasteiger partial charge in [0.15, 0.2) is 0 Å². The van der Waals surface area contributed by atoms with Crippen molar-refractivity contribution < 1.29 is 70.7 Å². The Kier molecular flexibility index (Phi) is 31.7. The van der Waals surface area contributed by atoms with Gasteiger partial charge in [-0.15, -0.1) is 11.6 Å². The number of carbonyl (C=O) groups is 12. The van der Waals surface area contributed by atoms with E-state index in [0.29, 0.717) is 84.0 Å². The van der Waals surface area contributed by atoms with Crippen LogP contribution in [0.5, 0.6) is 0 Å². The lowest BCUT2D eigenvalue weighted by Crippen LogP contribution is -2.66. The van der Waals surface area contributed by atoms with E-state index < -0.39 is 173 Å². The van der Waals surface area contributed by atoms with Gasteiger partial charge < -0.3 is 65.4 Å². The number of piperidine rings is 2. The summed E-state index contributed by atoms with van der Waals surface area (Å²) in [6.45, 7) is 10.5. The average Bonchev–Trinajstić information content (AvgIpc) is 1.44. The summed E-state index contributed by atoms with van der Waals surface area (Å²) in [4.78, 5) is 196. The molecule has 108 heavy (non-hydrogen) atoms. The van der Waals surface area contributed by atoms with Crippen LogP contribution in [0, 0.1) is 41.4 Å². The molecule has 29 heteroatoms. The second-order valence-electron chi connectivity index (χ2n) is 33.9. The Labute approximate surface area is 644 Å². The van der Waals surface area contributed by atoms with Gasteiger partial charge in [0, 0.05) is 74.3 Å². The van der Waals surface area contributed by atoms with Gasteiger partial charge in [0.25, 0.3) is 0 Å². The summed E-state index contributed by atoms with van der Waals surface area (Å²) in [5.41, 5.74) is -1.59. The maximum Gasteiger partial charge on any atom is 0.393 e. The van der Waals surface area contributed by atoms with Crippen LogP contribution in [-0.2, 0) is 57.5 Å². The lowest BCUT2D eigenvalue weighted by molar-refractivity contribution is -0.182. The first-order valence-corrected chi connectivity index (χ1v) is 41.3. The van der Waals surface area contributed by atoms with Crippen LogP contribution in [0.2, 0.25) is 0 Å². The summed E-state index contributed by atoms with van der Waals surface area (Å²) in [5, 5.41) is 11.2. The third-order valence-corrected chi connectivity index (χ3v) is 26.5. The molecule has 4 N–H and O–H groups in total. The van der Waals surface area contributed by atoms with Crippen molar-refractivity contribution >= 4 is 82.5 Å². The number of carbonyl (C=O) groups excluding carboxylic acids is 12. The first kappa shape index (κ1) is 87.3. The summed E-state index contributed by atoms with van der Waals surface area (Å²) >= 11 is 6.49. The molecule has 0 bridgehead atoms. The molecule has 0 aromatic heterocycles. The number of hydrogen-bond donors (Lipinski definition) is 4. The molecule has 8 fully saturated rings. The van der Waals surface area contributed by atoms with Gasteiger partial charge in [-0.25, -0.2) is 0 Å². The normalized spacial score (nSPS) is 31.1. The first-order valence-electron chi connectivity index (χ1n) is 40.9. The minimum absolute atomic E-state index is 0.00711. The van der Waals surface area contributed by atoms with E-state index in [2.05, 4.69) is 21.3 Å². The minimum Gasteiger partial charge on any atom is -0.343 e. The molecule has 4 heterocycles. The third-order valence-electron chi connectivity index (χ3n) is 26.0. The summed E-state index contributed by atoms with van der Waals surface area (Å²) in [7, 11) is 10.4. The van der Waals surface area contributed by atoms with E-state index in [0.717, 1.165) is 57.8 Å². The summed E-state index contributed by atoms with van der Waals surface area (Å²) in [5.74, 6) is -10.5. The molecular weight excluding hydrogens is 1420 g/mol. The van der Waals surface area contributed by atoms with Gasteiger partial charge in [-0.2, -0.15) is 13.2 Å². The molecule has 8 aliphatic rings. The van der Waals surface area contributed by atoms with E-state index in [-0.39, 0.29) is 101 Å². The minimum atomic E-state index is -4.52. The number of nitrogens with zero attached hydrogens (tertiary/aromatic N) is 9. The van der Waals surface area contributed by atoms with Gasteiger partial charge in [0.2, 0.25) is 70.9 Å². The van der Waals surface area contributed by atoms with Gasteiger partial charge in [-0.1, -0.05) is 98.3 Å². The topological polar surface area (TPSA) is 282 Å². The third kappa shape index (κ3) is 21.5. The van der Waals surface area contributed by atoms with E-state index in [4.69, 9.17) is 11.6 Å². The molecule has 4 aliphatic carbocycles. The molecule has 0 radical (unpaired) electrons. The quantitative estimate of drug-likeness (QED) is 0.133. The number of likely N-dealkylation sites (N-methyl/N-ethyl adjacent to an activating group) is 7. The monoisotopic (exact) mass is 1540 g/mol. The van der Waals surface area contributed by atoms with Gasteiger partial charge in [-0.3, -0.25) is 57.5 Å². The van der Waals surface area contributed by atoms with E-state index in [1.165, 1.54) is 81.5 Å². The predicted octanol–water partition coefficient (Wildman–Crippen LogP) is 7.24. The van der Waals surface area contributed by atoms with Crippen molar-refractivity contribution in [2.24, 2.45) is 41.4 Å². The van der Waals surface area contributed by atoms with Crippen LogP contribution in [0.1, 0.15) is 227 Å². The Morgan fingerprint density at radius 1 is 0.574 bits per heavy atom. The number of likely N-dealkylation sites (tertiary alicyclic amines) is 1. The largest absolute Gasteiger partial charge is 0.393 e. The van der Waals surface area contributed by atoms with Crippen LogP contribution in [0.25, 0.3) is 0 Å². The van der Waals surface area contributed by atoms with Crippen LogP contribution in [0.15, 0.2) is 0 Å². The Bertz CT molecular complexity index is 3140. The highest BCUT2D eigenvalue weighted by molar-refractivity contribution is 6.21. The van der Waals surface area contributed by atoms with Crippen molar-refractivity contribution in [3.63, 3.8) is 0 Å². The van der Waals surface area contributed by atoms with Crippen LogP contribution in [0.3, 0.4) is 0 Å². The Hall–Kier alpha value is -6.32. The molecule has 610 valence electrons. The molecular formula is C79H129ClF3N13O12. The van der Waals surface area contributed by atoms with Crippen molar-refractivity contribution in [2.45, 2.75) is 299 Å². The van der Waals surface area contributed by atoms with Gasteiger partial charge in [0.1, 0.15) is 59.9 Å². The van der Waals surface area contributed by atoms with Crippen LogP contribution >= 0.6 is 11.6 Å². The van der Waals surface area contributed by atoms with Crippen molar-refractivity contribution in [2.75, 3.05) is 88.6 Å². The standard InChI is InChI=1S/C79H129ClF3N13O12/c1-13-50(4)66-75(106)89(7)51(5)70(101)96-42-35-59(96)73(104)92(10)62(46-52-25-17-14-18-26-52)72(103)88(6)48-64(97)85-58(32-30-53-29-31-56(57(80)44-53)79(81,82)83)71(102)91(9)61(45-54-33-38-84-39-34-54)69(100)87-78(36-21-22-37-78)77(108)94(12)67(55-27-19-15-20-28-55)76(107)93(11)63(74(105)95-40-23-16-24-41-95)47-65(98)90(8)60(43-49(2)3)68(99)86-66/h49-63,66-67,84H,13-48H2,1-12H3,(H,85,97)(H,86,99)(H,87,100)/t50-,51-,53?,56?,57?,58-,59-,60-,61-,62-,63-,66-,67-/m0/s1. The van der Waals surface area contributed by atoms with E-state index in [9.17, 15) is 27.6 Å². The lowest BCUT2D eigenvalue weighted by atomic mass is 9.78. The van der Waals surface area contributed by atoms with E-state index >= 15 is 43.2 Å². The van der Waals surface area contributed by atoms with Gasteiger partial charge in [0.05, 0.1) is 18.9 Å². The van der Waals surface area contributed by atoms with Crippen LogP contribution in [-0.4, -0.2) is 275 Å². The van der Waals surface area contributed by atoms with Crippen LogP contribution in [0.4, 0.5) is 13.2 Å². The Morgan fingerprint density at radius 2 is 1.17 bits per heavy atom. The van der Waals surface area contributed by atoms with Crippen LogP contribution < -0.4 is 21.3 Å². The number of amides is 12. The molecule has 25 nitrogen and oxygen atoms in total. The van der Waals surface area contributed by atoms with Crippen molar-refractivity contribution in [1.29, 1.82) is 0 Å². The van der Waals surface area contributed by atoms with Gasteiger partial charge in [-0.05, 0) is 171 Å². The highest BCUT2D eigenvalue weighted by atomic mass is 35.5. The van der Waals surface area contributed by atoms with Crippen molar-refractivity contribution in [3.05, 3.63) is 0 Å². The highest BCUT2D eigenvalue weighted by Crippen LogP contribution is 2.44. The average molecular weight is 1550 g/mol. The summed E-state index contributed by atoms with van der Waals surface area (Å²) in [6.07, 6.45) is 8.96. The summed E-state index contributed by atoms with van der Waals surface area (Å²) < 4.78 is 42.5. The second kappa shape index (κ2) is 39.2. The zero-order valence-electron chi connectivity index (χ0n) is 66.7. The maximum absolute atomic E-state index is 16.1. The molecule has 0 aromatic carbocycles. The zero-order valence-corrected chi connectivity index (χ0v) is 67.5. The highest BCUT2D eigenvalue weighted by Gasteiger charge is 2.53. The molecule has 13 atom stereocenters. The SMILES string of the molecule is CC[C@H](C)[C@@H]1NC(=O)[C@H](CC(C)C)N(C)C(=O)C[C@@H](C(=O)N2CCCCC2)N(C)C(=O)[C@H](C2CCCCC2)N(C)C(=O)C2(CCCC2)NC(=O)[C@H](CC2CCNCC2)N(C)C(=O)[C@H](CCC2CCC(C(F)(F)F)C(Cl)C2)NC(=O)CN(C)C(=O)[C@H](CC2CCCCC2)N(C)C(=O)[C@@H]2CCN2C(=O)[C@H](C)N(C)C1=O. The number of rotatable bonds is 13. The molecule has 4 aliphatic heterocycles. The second-order valence-corrected chi connectivity index (χ2v) is 34.5. The molecule has 3 unspecified atom stereocenters. The maximum atomic E-state index is 16.1. The number of hydrogen-bond acceptors (Lipinski definition) is 13. The van der Waals surface area contributed by atoms with E-state index in [1.807, 2.05) is 20.8 Å². The number of halogens is 4. The van der Waals surface area contributed by atoms with Crippen molar-refractivity contribution in [1.82, 2.24) is 65.4 Å². The first-order chi connectivity index (χ1) is 51.1. The lowest BCUT2D eigenvalue weighted by Gasteiger charge is -2.45. The van der Waals surface area contributed by atoms with Gasteiger partial charge >= 0.3 is 6.18 Å². The Morgan fingerprint density at radius 3 is 1.75 bits per heavy atom. The van der Waals surface area contributed by atoms with Crippen molar-refractivity contribution in [3.8, 4) is 0 Å². The molecule has 8 rings (SSSR count). The molecule has 0 aromatic rings. The zero-order chi connectivity index (χ0) is 79.2. The molecule has 4 saturated carbocycles. The smallest absolute Gasteiger partial charge is 0.343 e. The number of alkyl halides is 4. The fourth-order valence-electron chi connectivity index (χ4n) is 18.5. The number of nitrogens with one attached hydrogen (secondary N) is 4. The number of fused-ring (bicyclic) bond motifs is 1. The fraction of sp³-hybridized carbons (Fsp3) is 0.848. The Balaban J connectivity index is 1.21.